The van der Waals surface area contributed by atoms with Crippen LogP contribution < -0.4 is 13.9 Å². The third-order valence-electron chi connectivity index (χ3n) is 5.00. The number of carbonyl (C=O) groups excluding carboxylic acids is 1. The second-order valence-electron chi connectivity index (χ2n) is 7.03. The van der Waals surface area contributed by atoms with Crippen LogP contribution in [0.1, 0.15) is 6.92 Å². The number of rotatable bonds is 7. The highest BCUT2D eigenvalue weighted by Gasteiger charge is 2.23. The van der Waals surface area contributed by atoms with E-state index in [1.54, 1.807) is 54.3 Å². The maximum atomic E-state index is 13.9. The van der Waals surface area contributed by atoms with E-state index in [4.69, 9.17) is 4.74 Å². The molecule has 3 rings (SSSR count). The smallest absolute Gasteiger partial charge is 0.260 e. The molecule has 0 bridgehead atoms. The maximum absolute atomic E-state index is 13.9. The standard InChI is InChI=1S/C21H26FN3O4S/c1-3-25(30(2,27)28)17-8-10-18(11-9-17)29-16-21(26)24-14-12-23(13-15-24)20-7-5-4-6-19(20)22/h4-11H,3,12-16H2,1-2H3. The monoisotopic (exact) mass is 435 g/mol. The van der Waals surface area contributed by atoms with Crippen LogP contribution >= 0.6 is 0 Å². The maximum Gasteiger partial charge on any atom is 0.260 e. The number of hydrogen-bond acceptors (Lipinski definition) is 5. The molecule has 9 heteroatoms. The van der Waals surface area contributed by atoms with Gasteiger partial charge in [-0.3, -0.25) is 9.10 Å². The normalized spacial score (nSPS) is 14.5. The second kappa shape index (κ2) is 9.34. The molecule has 1 fully saturated rings. The van der Waals surface area contributed by atoms with Crippen molar-refractivity contribution >= 4 is 27.3 Å². The first-order valence-electron chi connectivity index (χ1n) is 9.77. The van der Waals surface area contributed by atoms with Crippen LogP contribution in [-0.2, 0) is 14.8 Å². The molecule has 0 atom stereocenters. The summed E-state index contributed by atoms with van der Waals surface area (Å²) in [5, 5.41) is 0. The Morgan fingerprint density at radius 2 is 1.70 bits per heavy atom. The topological polar surface area (TPSA) is 70.2 Å². The lowest BCUT2D eigenvalue weighted by atomic mass is 10.2. The lowest BCUT2D eigenvalue weighted by Gasteiger charge is -2.36. The van der Waals surface area contributed by atoms with E-state index in [-0.39, 0.29) is 18.3 Å². The Morgan fingerprint density at radius 3 is 2.27 bits per heavy atom. The summed E-state index contributed by atoms with van der Waals surface area (Å²) in [4.78, 5) is 16.1. The van der Waals surface area contributed by atoms with Crippen LogP contribution in [0.25, 0.3) is 0 Å². The van der Waals surface area contributed by atoms with Crippen molar-refractivity contribution in [3.8, 4) is 5.75 Å². The van der Waals surface area contributed by atoms with E-state index >= 15 is 0 Å². The zero-order valence-electron chi connectivity index (χ0n) is 17.1. The summed E-state index contributed by atoms with van der Waals surface area (Å²) in [6.07, 6.45) is 1.16. The molecular formula is C21H26FN3O4S. The number of amides is 1. The van der Waals surface area contributed by atoms with Crippen LogP contribution in [0.4, 0.5) is 15.8 Å². The van der Waals surface area contributed by atoms with Crippen molar-refractivity contribution in [2.75, 3.05) is 54.8 Å². The fraction of sp³-hybridized carbons (Fsp3) is 0.381. The van der Waals surface area contributed by atoms with Gasteiger partial charge in [-0.2, -0.15) is 0 Å². The Kier molecular flexibility index (Phi) is 6.81. The van der Waals surface area contributed by atoms with E-state index in [2.05, 4.69) is 0 Å². The molecule has 30 heavy (non-hydrogen) atoms. The van der Waals surface area contributed by atoms with Gasteiger partial charge in [-0.05, 0) is 43.3 Å². The summed E-state index contributed by atoms with van der Waals surface area (Å²) in [5.41, 5.74) is 1.10. The zero-order valence-corrected chi connectivity index (χ0v) is 17.9. The predicted octanol–water partition coefficient (Wildman–Crippen LogP) is 2.34. The summed E-state index contributed by atoms with van der Waals surface area (Å²) in [5.74, 6) is 0.0850. The molecule has 0 aromatic heterocycles. The van der Waals surface area contributed by atoms with Gasteiger partial charge in [0, 0.05) is 32.7 Å². The van der Waals surface area contributed by atoms with Crippen molar-refractivity contribution in [1.82, 2.24) is 4.90 Å². The van der Waals surface area contributed by atoms with Gasteiger partial charge in [0.25, 0.3) is 5.91 Å². The highest BCUT2D eigenvalue weighted by Crippen LogP contribution is 2.22. The highest BCUT2D eigenvalue weighted by molar-refractivity contribution is 7.92. The van der Waals surface area contributed by atoms with E-state index in [0.717, 1.165) is 6.26 Å². The minimum atomic E-state index is -3.34. The molecule has 2 aromatic rings. The van der Waals surface area contributed by atoms with E-state index in [1.807, 2.05) is 4.90 Å². The van der Waals surface area contributed by atoms with E-state index < -0.39 is 10.0 Å². The van der Waals surface area contributed by atoms with Crippen molar-refractivity contribution in [1.29, 1.82) is 0 Å². The third kappa shape index (κ3) is 5.21. The average Bonchev–Trinajstić information content (AvgIpc) is 2.73. The lowest BCUT2D eigenvalue weighted by Crippen LogP contribution is -2.50. The van der Waals surface area contributed by atoms with Gasteiger partial charge in [0.15, 0.2) is 6.61 Å². The number of carbonyl (C=O) groups is 1. The van der Waals surface area contributed by atoms with E-state index in [9.17, 15) is 17.6 Å². The van der Waals surface area contributed by atoms with Gasteiger partial charge >= 0.3 is 0 Å². The Bertz CT molecular complexity index is 974. The van der Waals surface area contributed by atoms with Crippen molar-refractivity contribution in [3.05, 3.63) is 54.3 Å². The predicted molar refractivity (Wildman–Crippen MR) is 115 cm³/mol. The largest absolute Gasteiger partial charge is 0.484 e. The number of halogens is 1. The Balaban J connectivity index is 1.51. The first-order valence-corrected chi connectivity index (χ1v) is 11.6. The van der Waals surface area contributed by atoms with Gasteiger partial charge in [-0.15, -0.1) is 0 Å². The molecule has 0 radical (unpaired) electrons. The Morgan fingerprint density at radius 1 is 1.07 bits per heavy atom. The quantitative estimate of drug-likeness (QED) is 0.668. The van der Waals surface area contributed by atoms with Crippen molar-refractivity contribution in [2.45, 2.75) is 6.92 Å². The number of hydrogen-bond donors (Lipinski definition) is 0. The van der Waals surface area contributed by atoms with Crippen LogP contribution in [0.15, 0.2) is 48.5 Å². The first-order chi connectivity index (χ1) is 14.3. The number of sulfonamides is 1. The number of ether oxygens (including phenoxy) is 1. The fourth-order valence-corrected chi connectivity index (χ4v) is 4.43. The molecule has 0 spiro atoms. The summed E-state index contributed by atoms with van der Waals surface area (Å²) in [6, 6.07) is 13.2. The van der Waals surface area contributed by atoms with E-state index in [1.165, 1.54) is 10.4 Å². The molecule has 1 amide bonds. The van der Waals surface area contributed by atoms with Gasteiger partial charge in [0.2, 0.25) is 10.0 Å². The van der Waals surface area contributed by atoms with Crippen LogP contribution in [0.5, 0.6) is 5.75 Å². The van der Waals surface area contributed by atoms with Crippen LogP contribution in [0.2, 0.25) is 0 Å². The van der Waals surface area contributed by atoms with Crippen molar-refractivity contribution in [2.24, 2.45) is 0 Å². The number of piperazine rings is 1. The number of para-hydroxylation sites is 1. The van der Waals surface area contributed by atoms with Gasteiger partial charge in [0.05, 0.1) is 17.6 Å². The molecule has 0 unspecified atom stereocenters. The van der Waals surface area contributed by atoms with Crippen LogP contribution in [-0.4, -0.2) is 64.8 Å². The Hall–Kier alpha value is -2.81. The molecule has 2 aromatic carbocycles. The van der Waals surface area contributed by atoms with E-state index in [0.29, 0.717) is 49.8 Å². The van der Waals surface area contributed by atoms with Gasteiger partial charge in [-0.1, -0.05) is 12.1 Å². The minimum absolute atomic E-state index is 0.109. The highest BCUT2D eigenvalue weighted by atomic mass is 32.2. The summed E-state index contributed by atoms with van der Waals surface area (Å²) >= 11 is 0. The molecule has 0 N–H and O–H groups in total. The summed E-state index contributed by atoms with van der Waals surface area (Å²) in [7, 11) is -3.34. The molecule has 162 valence electrons. The fourth-order valence-electron chi connectivity index (χ4n) is 3.46. The molecule has 1 heterocycles. The van der Waals surface area contributed by atoms with Crippen LogP contribution in [0.3, 0.4) is 0 Å². The first kappa shape index (κ1) is 21.9. The van der Waals surface area contributed by atoms with Crippen molar-refractivity contribution in [3.63, 3.8) is 0 Å². The SMILES string of the molecule is CCN(c1ccc(OCC(=O)N2CCN(c3ccccc3F)CC2)cc1)S(C)(=O)=O. The number of anilines is 2. The molecule has 1 aliphatic heterocycles. The molecular weight excluding hydrogens is 409 g/mol. The lowest BCUT2D eigenvalue weighted by molar-refractivity contribution is -0.133. The molecule has 0 aliphatic carbocycles. The minimum Gasteiger partial charge on any atom is -0.484 e. The summed E-state index contributed by atoms with van der Waals surface area (Å²) < 4.78 is 44.4. The zero-order chi connectivity index (χ0) is 21.7. The number of nitrogens with zero attached hydrogens (tertiary/aromatic N) is 3. The second-order valence-corrected chi connectivity index (χ2v) is 8.94. The molecule has 1 aliphatic rings. The Labute approximate surface area is 176 Å². The molecule has 1 saturated heterocycles. The van der Waals surface area contributed by atoms with Gasteiger partial charge in [-0.25, -0.2) is 12.8 Å². The van der Waals surface area contributed by atoms with Gasteiger partial charge < -0.3 is 14.5 Å². The van der Waals surface area contributed by atoms with Gasteiger partial charge in [0.1, 0.15) is 11.6 Å². The summed E-state index contributed by atoms with van der Waals surface area (Å²) in [6.45, 7) is 4.08. The number of benzene rings is 2. The van der Waals surface area contributed by atoms with Crippen molar-refractivity contribution < 1.29 is 22.3 Å². The molecule has 7 nitrogen and oxygen atoms in total. The van der Waals surface area contributed by atoms with Crippen LogP contribution in [0, 0.1) is 5.82 Å². The third-order valence-corrected chi connectivity index (χ3v) is 6.27. The average molecular weight is 436 g/mol. The molecule has 0 saturated carbocycles.